The molecule has 8 heteroatoms. The lowest BCUT2D eigenvalue weighted by Gasteiger charge is -2.22. The maximum Gasteiger partial charge on any atom is 0.344 e. The fourth-order valence-corrected chi connectivity index (χ4v) is 3.18. The number of methoxy groups -OCH3 is 1. The standard InChI is InChI=1S/C22H25N3O5/c1-15-7-4-10-18(13-15)30-12-6-11-19(26)24-25-20(27)22(2,23-21(25)28)16-8-5-9-17(14-16)29-3/h4-5,7-10,13-14H,6,11-12H2,1-3H3,(H,23,28)(H,24,26)/t22-/m0/s1. The van der Waals surface area contributed by atoms with Gasteiger partial charge in [0.25, 0.3) is 5.91 Å². The Morgan fingerprint density at radius 3 is 2.60 bits per heavy atom. The van der Waals surface area contributed by atoms with Crippen molar-refractivity contribution in [2.24, 2.45) is 0 Å². The Balaban J connectivity index is 1.55. The summed E-state index contributed by atoms with van der Waals surface area (Å²) in [5.74, 6) is 0.289. The monoisotopic (exact) mass is 411 g/mol. The molecule has 2 N–H and O–H groups in total. The topological polar surface area (TPSA) is 97.0 Å². The number of carbonyl (C=O) groups excluding carboxylic acids is 3. The molecular formula is C22H25N3O5. The van der Waals surface area contributed by atoms with Gasteiger partial charge in [0.1, 0.15) is 17.0 Å². The summed E-state index contributed by atoms with van der Waals surface area (Å²) in [5, 5.41) is 3.37. The third-order valence-electron chi connectivity index (χ3n) is 4.88. The first kappa shape index (κ1) is 21.2. The summed E-state index contributed by atoms with van der Waals surface area (Å²) in [6.45, 7) is 3.90. The Kier molecular flexibility index (Phi) is 6.25. The van der Waals surface area contributed by atoms with Crippen LogP contribution in [-0.2, 0) is 15.1 Å². The van der Waals surface area contributed by atoms with Gasteiger partial charge in [-0.3, -0.25) is 15.0 Å². The third kappa shape index (κ3) is 4.53. The highest BCUT2D eigenvalue weighted by Crippen LogP contribution is 2.30. The van der Waals surface area contributed by atoms with Crippen LogP contribution in [0.2, 0.25) is 0 Å². The molecule has 2 aromatic rings. The molecule has 1 fully saturated rings. The number of urea groups is 1. The first-order valence-electron chi connectivity index (χ1n) is 9.63. The molecule has 158 valence electrons. The lowest BCUT2D eigenvalue weighted by Crippen LogP contribution is -2.47. The van der Waals surface area contributed by atoms with Crippen LogP contribution in [0.4, 0.5) is 4.79 Å². The number of hydrazine groups is 1. The van der Waals surface area contributed by atoms with Gasteiger partial charge in [-0.25, -0.2) is 4.79 Å². The summed E-state index contributed by atoms with van der Waals surface area (Å²) in [7, 11) is 1.52. The molecule has 1 aliphatic heterocycles. The normalized spacial score (nSPS) is 18.2. The van der Waals surface area contributed by atoms with Gasteiger partial charge in [-0.15, -0.1) is 0 Å². The SMILES string of the molecule is COc1cccc([C@]2(C)NC(=O)N(NC(=O)CCCOc3cccc(C)c3)C2=O)c1. The smallest absolute Gasteiger partial charge is 0.344 e. The maximum atomic E-state index is 12.9. The molecule has 2 aromatic carbocycles. The highest BCUT2D eigenvalue weighted by molar-refractivity contribution is 6.08. The number of hydrogen-bond acceptors (Lipinski definition) is 5. The van der Waals surface area contributed by atoms with Crippen LogP contribution in [-0.4, -0.2) is 36.6 Å². The van der Waals surface area contributed by atoms with Crippen molar-refractivity contribution >= 4 is 17.8 Å². The number of carbonyl (C=O) groups is 3. The number of ether oxygens (including phenoxy) is 2. The number of benzene rings is 2. The van der Waals surface area contributed by atoms with Crippen molar-refractivity contribution in [1.29, 1.82) is 0 Å². The number of amides is 4. The van der Waals surface area contributed by atoms with Gasteiger partial charge in [-0.05, 0) is 55.7 Å². The maximum absolute atomic E-state index is 12.9. The van der Waals surface area contributed by atoms with Gasteiger partial charge >= 0.3 is 6.03 Å². The van der Waals surface area contributed by atoms with E-state index in [4.69, 9.17) is 9.47 Å². The largest absolute Gasteiger partial charge is 0.497 e. The zero-order valence-electron chi connectivity index (χ0n) is 17.2. The Morgan fingerprint density at radius 1 is 1.13 bits per heavy atom. The molecule has 0 aliphatic carbocycles. The molecule has 0 aromatic heterocycles. The lowest BCUT2D eigenvalue weighted by molar-refractivity contribution is -0.139. The Bertz CT molecular complexity index is 961. The molecule has 0 saturated carbocycles. The minimum absolute atomic E-state index is 0.110. The molecule has 4 amide bonds. The number of aryl methyl sites for hydroxylation is 1. The molecule has 0 unspecified atom stereocenters. The van der Waals surface area contributed by atoms with E-state index >= 15 is 0 Å². The number of nitrogens with zero attached hydrogens (tertiary/aromatic N) is 1. The molecule has 1 atom stereocenters. The lowest BCUT2D eigenvalue weighted by atomic mass is 9.92. The summed E-state index contributed by atoms with van der Waals surface area (Å²) < 4.78 is 10.8. The van der Waals surface area contributed by atoms with Crippen LogP contribution >= 0.6 is 0 Å². The van der Waals surface area contributed by atoms with Crippen molar-refractivity contribution in [2.75, 3.05) is 13.7 Å². The summed E-state index contributed by atoms with van der Waals surface area (Å²) >= 11 is 0. The van der Waals surface area contributed by atoms with E-state index in [1.54, 1.807) is 31.2 Å². The van der Waals surface area contributed by atoms with Crippen LogP contribution in [0, 0.1) is 6.92 Å². The van der Waals surface area contributed by atoms with Crippen LogP contribution in [0.15, 0.2) is 48.5 Å². The van der Waals surface area contributed by atoms with Crippen molar-refractivity contribution in [3.8, 4) is 11.5 Å². The summed E-state index contributed by atoms with van der Waals surface area (Å²) in [4.78, 5) is 37.5. The quantitative estimate of drug-likeness (QED) is 0.514. The Hall–Kier alpha value is -3.55. The highest BCUT2D eigenvalue weighted by atomic mass is 16.5. The van der Waals surface area contributed by atoms with Crippen LogP contribution in [0.1, 0.15) is 30.9 Å². The van der Waals surface area contributed by atoms with Gasteiger partial charge in [0.2, 0.25) is 5.91 Å². The van der Waals surface area contributed by atoms with E-state index < -0.39 is 23.4 Å². The van der Waals surface area contributed by atoms with E-state index in [-0.39, 0.29) is 6.42 Å². The van der Waals surface area contributed by atoms with E-state index in [2.05, 4.69) is 10.7 Å². The molecule has 1 aliphatic rings. The van der Waals surface area contributed by atoms with Crippen LogP contribution < -0.4 is 20.2 Å². The zero-order valence-corrected chi connectivity index (χ0v) is 17.2. The Morgan fingerprint density at radius 2 is 1.87 bits per heavy atom. The average Bonchev–Trinajstić information content (AvgIpc) is 2.95. The second-order valence-corrected chi connectivity index (χ2v) is 7.23. The molecule has 1 heterocycles. The van der Waals surface area contributed by atoms with Crippen molar-refractivity contribution in [1.82, 2.24) is 15.8 Å². The van der Waals surface area contributed by atoms with Gasteiger partial charge in [-0.1, -0.05) is 24.3 Å². The first-order valence-corrected chi connectivity index (χ1v) is 9.63. The fourth-order valence-electron chi connectivity index (χ4n) is 3.18. The molecular weight excluding hydrogens is 386 g/mol. The van der Waals surface area contributed by atoms with Crippen molar-refractivity contribution < 1.29 is 23.9 Å². The van der Waals surface area contributed by atoms with E-state index in [9.17, 15) is 14.4 Å². The molecule has 3 rings (SSSR count). The van der Waals surface area contributed by atoms with Crippen molar-refractivity contribution in [3.05, 3.63) is 59.7 Å². The summed E-state index contributed by atoms with van der Waals surface area (Å²) in [6, 6.07) is 13.8. The summed E-state index contributed by atoms with van der Waals surface area (Å²) in [6.07, 6.45) is 0.551. The van der Waals surface area contributed by atoms with Gasteiger partial charge in [0.05, 0.1) is 13.7 Å². The zero-order chi connectivity index (χ0) is 21.7. The molecule has 0 bridgehead atoms. The molecule has 0 radical (unpaired) electrons. The van der Waals surface area contributed by atoms with Gasteiger partial charge in [0.15, 0.2) is 0 Å². The predicted molar refractivity (Wildman–Crippen MR) is 110 cm³/mol. The van der Waals surface area contributed by atoms with E-state index in [1.807, 2.05) is 31.2 Å². The number of imide groups is 1. The minimum Gasteiger partial charge on any atom is -0.497 e. The van der Waals surface area contributed by atoms with Crippen molar-refractivity contribution in [2.45, 2.75) is 32.2 Å². The number of hydrogen-bond donors (Lipinski definition) is 2. The molecule has 30 heavy (non-hydrogen) atoms. The first-order chi connectivity index (χ1) is 14.3. The molecule has 0 spiro atoms. The molecule has 8 nitrogen and oxygen atoms in total. The number of nitrogens with one attached hydrogen (secondary N) is 2. The fraction of sp³-hybridized carbons (Fsp3) is 0.318. The van der Waals surface area contributed by atoms with Crippen LogP contribution in [0.3, 0.4) is 0 Å². The van der Waals surface area contributed by atoms with Gasteiger partial charge in [-0.2, -0.15) is 5.01 Å². The van der Waals surface area contributed by atoms with Crippen molar-refractivity contribution in [3.63, 3.8) is 0 Å². The average molecular weight is 411 g/mol. The van der Waals surface area contributed by atoms with Crippen LogP contribution in [0.5, 0.6) is 11.5 Å². The van der Waals surface area contributed by atoms with Gasteiger partial charge in [0, 0.05) is 6.42 Å². The van der Waals surface area contributed by atoms with E-state index in [1.165, 1.54) is 7.11 Å². The van der Waals surface area contributed by atoms with Crippen LogP contribution in [0.25, 0.3) is 0 Å². The predicted octanol–water partition coefficient (Wildman–Crippen LogP) is 2.66. The second-order valence-electron chi connectivity index (χ2n) is 7.23. The van der Waals surface area contributed by atoms with Gasteiger partial charge < -0.3 is 14.8 Å². The van der Waals surface area contributed by atoms with E-state index in [0.717, 1.165) is 16.3 Å². The molecule has 1 saturated heterocycles. The highest BCUT2D eigenvalue weighted by Gasteiger charge is 2.50. The van der Waals surface area contributed by atoms with E-state index in [0.29, 0.717) is 24.3 Å². The second kappa shape index (κ2) is 8.86. The third-order valence-corrected chi connectivity index (χ3v) is 4.88. The summed E-state index contributed by atoms with van der Waals surface area (Å²) in [5.41, 5.74) is 2.73. The number of rotatable bonds is 8. The Labute approximate surface area is 175 Å². The minimum atomic E-state index is -1.30.